The molecule has 1 heterocycles. The normalized spacial score (nSPS) is 10.3. The van der Waals surface area contributed by atoms with Gasteiger partial charge in [0.15, 0.2) is 0 Å². The van der Waals surface area contributed by atoms with Crippen LogP contribution in [0.1, 0.15) is 4.88 Å². The van der Waals surface area contributed by atoms with Gasteiger partial charge >= 0.3 is 0 Å². The van der Waals surface area contributed by atoms with Gasteiger partial charge < -0.3 is 15.4 Å². The van der Waals surface area contributed by atoms with Crippen LogP contribution in [-0.2, 0) is 11.3 Å². The molecule has 106 valence electrons. The van der Waals surface area contributed by atoms with Gasteiger partial charge in [-0.3, -0.25) is 4.79 Å². The van der Waals surface area contributed by atoms with Crippen LogP contribution < -0.4 is 15.4 Å². The number of methoxy groups -OCH3 is 1. The van der Waals surface area contributed by atoms with E-state index in [-0.39, 0.29) is 12.5 Å². The zero-order chi connectivity index (χ0) is 14.4. The lowest BCUT2D eigenvalue weighted by atomic mass is 10.3. The Labute approximate surface area is 130 Å². The average Bonchev–Trinajstić information content (AvgIpc) is 2.85. The van der Waals surface area contributed by atoms with Crippen molar-refractivity contribution < 1.29 is 9.53 Å². The van der Waals surface area contributed by atoms with Crippen LogP contribution in [0.15, 0.2) is 40.2 Å². The number of anilines is 1. The molecule has 4 nitrogen and oxygen atoms in total. The van der Waals surface area contributed by atoms with Gasteiger partial charge in [0.05, 0.1) is 23.1 Å². The second kappa shape index (κ2) is 7.42. The highest BCUT2D eigenvalue weighted by molar-refractivity contribution is 9.11. The van der Waals surface area contributed by atoms with Gasteiger partial charge in [-0.15, -0.1) is 11.3 Å². The summed E-state index contributed by atoms with van der Waals surface area (Å²) in [6.07, 6.45) is 0. The summed E-state index contributed by atoms with van der Waals surface area (Å²) in [6.45, 7) is 0.934. The molecule has 2 rings (SSSR count). The molecule has 0 atom stereocenters. The summed E-state index contributed by atoms with van der Waals surface area (Å²) in [5, 5.41) is 5.93. The molecule has 0 radical (unpaired) electrons. The lowest BCUT2D eigenvalue weighted by Gasteiger charge is -2.10. The van der Waals surface area contributed by atoms with Crippen molar-refractivity contribution in [1.29, 1.82) is 0 Å². The minimum Gasteiger partial charge on any atom is -0.495 e. The Balaban J connectivity index is 1.80. The zero-order valence-electron chi connectivity index (χ0n) is 11.0. The summed E-state index contributed by atoms with van der Waals surface area (Å²) < 4.78 is 6.27. The van der Waals surface area contributed by atoms with Gasteiger partial charge in [-0.1, -0.05) is 12.1 Å². The second-order valence-electron chi connectivity index (χ2n) is 4.06. The van der Waals surface area contributed by atoms with Gasteiger partial charge in [-0.2, -0.15) is 0 Å². The molecule has 20 heavy (non-hydrogen) atoms. The number of para-hydroxylation sites is 2. The smallest absolute Gasteiger partial charge is 0.238 e. The molecule has 0 aliphatic rings. The highest BCUT2D eigenvalue weighted by atomic mass is 79.9. The zero-order valence-corrected chi connectivity index (χ0v) is 13.4. The van der Waals surface area contributed by atoms with Crippen molar-refractivity contribution in [3.05, 3.63) is 45.1 Å². The predicted octanol–water partition coefficient (Wildman–Crippen LogP) is 3.25. The first-order chi connectivity index (χ1) is 9.69. The van der Waals surface area contributed by atoms with Crippen molar-refractivity contribution >= 4 is 38.9 Å². The molecule has 0 fully saturated rings. The van der Waals surface area contributed by atoms with Gasteiger partial charge in [0.1, 0.15) is 5.75 Å². The topological polar surface area (TPSA) is 50.4 Å². The Morgan fingerprint density at radius 1 is 1.30 bits per heavy atom. The molecular formula is C14H15BrN2O2S. The summed E-state index contributed by atoms with van der Waals surface area (Å²) in [4.78, 5) is 13.0. The number of halogens is 1. The van der Waals surface area contributed by atoms with Crippen molar-refractivity contribution in [1.82, 2.24) is 5.32 Å². The SMILES string of the molecule is COc1ccccc1NC(=O)CNCc1ccc(Br)s1. The molecule has 0 bridgehead atoms. The maximum atomic E-state index is 11.8. The predicted molar refractivity (Wildman–Crippen MR) is 85.3 cm³/mol. The van der Waals surface area contributed by atoms with Crippen molar-refractivity contribution in [2.75, 3.05) is 19.0 Å². The van der Waals surface area contributed by atoms with Crippen molar-refractivity contribution in [2.45, 2.75) is 6.54 Å². The van der Waals surface area contributed by atoms with E-state index in [0.29, 0.717) is 18.0 Å². The standard InChI is InChI=1S/C14H15BrN2O2S/c1-19-12-5-3-2-4-11(12)17-14(18)9-16-8-10-6-7-13(15)20-10/h2-7,16H,8-9H2,1H3,(H,17,18). The molecule has 2 N–H and O–H groups in total. The summed E-state index contributed by atoms with van der Waals surface area (Å²) in [6, 6.07) is 11.4. The Bertz CT molecular complexity index is 586. The van der Waals surface area contributed by atoms with E-state index in [9.17, 15) is 4.79 Å². The molecule has 6 heteroatoms. The van der Waals surface area contributed by atoms with Gasteiger partial charge in [0.25, 0.3) is 0 Å². The molecule has 1 aromatic carbocycles. The minimum atomic E-state index is -0.0925. The van der Waals surface area contributed by atoms with Gasteiger partial charge in [-0.05, 0) is 40.2 Å². The third-order valence-electron chi connectivity index (χ3n) is 2.59. The fraction of sp³-hybridized carbons (Fsp3) is 0.214. The van der Waals surface area contributed by atoms with Gasteiger partial charge in [-0.25, -0.2) is 0 Å². The van der Waals surface area contributed by atoms with Crippen LogP contribution in [0, 0.1) is 0 Å². The fourth-order valence-electron chi connectivity index (χ4n) is 1.69. The van der Waals surface area contributed by atoms with Crippen LogP contribution in [0.25, 0.3) is 0 Å². The minimum absolute atomic E-state index is 0.0925. The Hall–Kier alpha value is -1.37. The number of benzene rings is 1. The third kappa shape index (κ3) is 4.33. The van der Waals surface area contributed by atoms with Crippen LogP contribution in [0.4, 0.5) is 5.69 Å². The maximum Gasteiger partial charge on any atom is 0.238 e. The van der Waals surface area contributed by atoms with Crippen molar-refractivity contribution in [3.63, 3.8) is 0 Å². The van der Waals surface area contributed by atoms with Gasteiger partial charge in [0, 0.05) is 11.4 Å². The van der Waals surface area contributed by atoms with Crippen LogP contribution >= 0.6 is 27.3 Å². The molecule has 0 saturated heterocycles. The lowest BCUT2D eigenvalue weighted by Crippen LogP contribution is -2.27. The molecule has 0 aliphatic heterocycles. The highest BCUT2D eigenvalue weighted by Crippen LogP contribution is 2.23. The summed E-state index contributed by atoms with van der Waals surface area (Å²) in [5.41, 5.74) is 0.681. The fourth-order valence-corrected chi connectivity index (χ4v) is 3.14. The number of carbonyl (C=O) groups excluding carboxylic acids is 1. The third-order valence-corrected chi connectivity index (χ3v) is 4.22. The van der Waals surface area contributed by atoms with E-state index in [2.05, 4.69) is 26.6 Å². The number of hydrogen-bond acceptors (Lipinski definition) is 4. The van der Waals surface area contributed by atoms with Crippen LogP contribution in [0.3, 0.4) is 0 Å². The number of amides is 1. The molecule has 1 amide bonds. The molecule has 0 unspecified atom stereocenters. The summed E-state index contributed by atoms with van der Waals surface area (Å²) in [7, 11) is 1.58. The molecule has 0 aliphatic carbocycles. The number of thiophene rings is 1. The molecule has 0 saturated carbocycles. The van der Waals surface area contributed by atoms with E-state index in [1.54, 1.807) is 18.4 Å². The van der Waals surface area contributed by atoms with E-state index >= 15 is 0 Å². The number of ether oxygens (including phenoxy) is 1. The largest absolute Gasteiger partial charge is 0.495 e. The number of rotatable bonds is 6. The first kappa shape index (κ1) is 15.0. The average molecular weight is 355 g/mol. The lowest BCUT2D eigenvalue weighted by molar-refractivity contribution is -0.115. The van der Waals surface area contributed by atoms with E-state index in [0.717, 1.165) is 3.79 Å². The summed E-state index contributed by atoms with van der Waals surface area (Å²) in [5.74, 6) is 0.563. The van der Waals surface area contributed by atoms with Crippen LogP contribution in [0.2, 0.25) is 0 Å². The molecule has 1 aromatic heterocycles. The van der Waals surface area contributed by atoms with Crippen molar-refractivity contribution in [2.24, 2.45) is 0 Å². The molecular weight excluding hydrogens is 340 g/mol. The first-order valence-electron chi connectivity index (χ1n) is 6.07. The maximum absolute atomic E-state index is 11.8. The molecule has 0 spiro atoms. The number of carbonyl (C=O) groups is 1. The van der Waals surface area contributed by atoms with E-state index in [1.165, 1.54) is 4.88 Å². The van der Waals surface area contributed by atoms with Crippen molar-refractivity contribution in [3.8, 4) is 5.75 Å². The number of hydrogen-bond donors (Lipinski definition) is 2. The quantitative estimate of drug-likeness (QED) is 0.836. The van der Waals surface area contributed by atoms with E-state index < -0.39 is 0 Å². The Morgan fingerprint density at radius 3 is 2.80 bits per heavy atom. The first-order valence-corrected chi connectivity index (χ1v) is 7.68. The monoisotopic (exact) mass is 354 g/mol. The molecule has 2 aromatic rings. The van der Waals surface area contributed by atoms with E-state index in [4.69, 9.17) is 4.74 Å². The van der Waals surface area contributed by atoms with Crippen LogP contribution in [-0.4, -0.2) is 19.6 Å². The number of nitrogens with one attached hydrogen (secondary N) is 2. The second-order valence-corrected chi connectivity index (χ2v) is 6.61. The Morgan fingerprint density at radius 2 is 2.10 bits per heavy atom. The van der Waals surface area contributed by atoms with E-state index in [1.807, 2.05) is 36.4 Å². The van der Waals surface area contributed by atoms with Crippen LogP contribution in [0.5, 0.6) is 5.75 Å². The van der Waals surface area contributed by atoms with Gasteiger partial charge in [0.2, 0.25) is 5.91 Å². The Kier molecular flexibility index (Phi) is 5.58. The summed E-state index contributed by atoms with van der Waals surface area (Å²) >= 11 is 5.06. The highest BCUT2D eigenvalue weighted by Gasteiger charge is 2.06.